The van der Waals surface area contributed by atoms with Gasteiger partial charge in [0.25, 0.3) is 0 Å². The van der Waals surface area contributed by atoms with Crippen LogP contribution in [0.25, 0.3) is 10.8 Å². The van der Waals surface area contributed by atoms with Crippen LogP contribution in [0.2, 0.25) is 0 Å². The SMILES string of the molecule is CCCCCC1=CCc2c(c(OCC)c3ccccc3c2OCC)C1. The molecule has 0 aliphatic heterocycles. The van der Waals surface area contributed by atoms with Crippen LogP contribution >= 0.6 is 0 Å². The van der Waals surface area contributed by atoms with Gasteiger partial charge in [0.05, 0.1) is 13.2 Å². The highest BCUT2D eigenvalue weighted by Gasteiger charge is 2.23. The average molecular weight is 338 g/mol. The Hall–Kier alpha value is -1.96. The normalized spacial score (nSPS) is 13.5. The van der Waals surface area contributed by atoms with E-state index < -0.39 is 0 Å². The summed E-state index contributed by atoms with van der Waals surface area (Å²) in [6.07, 6.45) is 9.45. The van der Waals surface area contributed by atoms with Crippen LogP contribution in [0.3, 0.4) is 0 Å². The van der Waals surface area contributed by atoms with Gasteiger partial charge >= 0.3 is 0 Å². The molecule has 0 aromatic heterocycles. The molecule has 0 bridgehead atoms. The zero-order valence-electron chi connectivity index (χ0n) is 15.9. The van der Waals surface area contributed by atoms with Gasteiger partial charge in [0, 0.05) is 21.9 Å². The second-order valence-electron chi connectivity index (χ2n) is 6.73. The van der Waals surface area contributed by atoms with E-state index in [-0.39, 0.29) is 0 Å². The third-order valence-electron chi connectivity index (χ3n) is 5.01. The topological polar surface area (TPSA) is 18.5 Å². The highest BCUT2D eigenvalue weighted by molar-refractivity contribution is 5.96. The quantitative estimate of drug-likeness (QED) is 0.419. The number of allylic oxidation sites excluding steroid dienone is 2. The van der Waals surface area contributed by atoms with Crippen LogP contribution in [0.5, 0.6) is 11.5 Å². The van der Waals surface area contributed by atoms with Crippen molar-refractivity contribution >= 4 is 10.8 Å². The lowest BCUT2D eigenvalue weighted by Crippen LogP contribution is -2.10. The van der Waals surface area contributed by atoms with E-state index in [0.717, 1.165) is 24.3 Å². The second kappa shape index (κ2) is 8.42. The number of rotatable bonds is 8. The van der Waals surface area contributed by atoms with E-state index in [1.54, 1.807) is 5.57 Å². The maximum Gasteiger partial charge on any atom is 0.131 e. The minimum atomic E-state index is 0.692. The minimum absolute atomic E-state index is 0.692. The highest BCUT2D eigenvalue weighted by atomic mass is 16.5. The summed E-state index contributed by atoms with van der Waals surface area (Å²) in [4.78, 5) is 0. The molecule has 0 saturated heterocycles. The van der Waals surface area contributed by atoms with Crippen molar-refractivity contribution < 1.29 is 9.47 Å². The fraction of sp³-hybridized carbons (Fsp3) is 0.478. The Morgan fingerprint density at radius 2 is 1.48 bits per heavy atom. The monoisotopic (exact) mass is 338 g/mol. The van der Waals surface area contributed by atoms with Crippen LogP contribution in [-0.4, -0.2) is 13.2 Å². The number of hydrogen-bond acceptors (Lipinski definition) is 2. The van der Waals surface area contributed by atoms with Crippen LogP contribution in [0.15, 0.2) is 35.9 Å². The van der Waals surface area contributed by atoms with E-state index >= 15 is 0 Å². The highest BCUT2D eigenvalue weighted by Crippen LogP contribution is 2.44. The van der Waals surface area contributed by atoms with Gasteiger partial charge in [-0.3, -0.25) is 0 Å². The molecule has 2 aromatic carbocycles. The lowest BCUT2D eigenvalue weighted by Gasteiger charge is -2.25. The first kappa shape index (κ1) is 17.8. The molecule has 0 spiro atoms. The average Bonchev–Trinajstić information content (AvgIpc) is 2.64. The standard InChI is InChI=1S/C23H30O2/c1-4-7-8-11-17-14-15-20-21(16-17)23(25-6-3)19-13-10-9-12-18(19)22(20)24-5-2/h9-10,12-14H,4-8,11,15-16H2,1-3H3. The summed E-state index contributed by atoms with van der Waals surface area (Å²) in [6, 6.07) is 8.50. The van der Waals surface area contributed by atoms with Gasteiger partial charge in [-0.05, 0) is 39.5 Å². The summed E-state index contributed by atoms with van der Waals surface area (Å²) in [5.41, 5.74) is 4.22. The third kappa shape index (κ3) is 3.68. The van der Waals surface area contributed by atoms with Gasteiger partial charge in [0.2, 0.25) is 0 Å². The van der Waals surface area contributed by atoms with E-state index in [1.165, 1.54) is 47.6 Å². The molecule has 0 amide bonds. The molecule has 3 rings (SSSR count). The Kier molecular flexibility index (Phi) is 6.01. The molecule has 0 radical (unpaired) electrons. The Balaban J connectivity index is 2.07. The maximum atomic E-state index is 6.14. The van der Waals surface area contributed by atoms with Crippen LogP contribution in [0.4, 0.5) is 0 Å². The summed E-state index contributed by atoms with van der Waals surface area (Å²) < 4.78 is 12.2. The smallest absolute Gasteiger partial charge is 0.131 e. The van der Waals surface area contributed by atoms with Crippen molar-refractivity contribution in [2.45, 2.75) is 59.3 Å². The number of ether oxygens (including phenoxy) is 2. The van der Waals surface area contributed by atoms with Gasteiger partial charge in [0.15, 0.2) is 0 Å². The first-order valence-electron chi connectivity index (χ1n) is 9.80. The van der Waals surface area contributed by atoms with E-state index in [9.17, 15) is 0 Å². The molecule has 1 aliphatic carbocycles. The van der Waals surface area contributed by atoms with Crippen molar-refractivity contribution in [2.24, 2.45) is 0 Å². The second-order valence-corrected chi connectivity index (χ2v) is 6.73. The van der Waals surface area contributed by atoms with Crippen molar-refractivity contribution in [2.75, 3.05) is 13.2 Å². The van der Waals surface area contributed by atoms with E-state index in [4.69, 9.17) is 9.47 Å². The number of fused-ring (bicyclic) bond motifs is 2. The summed E-state index contributed by atoms with van der Waals surface area (Å²) >= 11 is 0. The first-order valence-corrected chi connectivity index (χ1v) is 9.80. The van der Waals surface area contributed by atoms with Gasteiger partial charge in [0.1, 0.15) is 11.5 Å². The summed E-state index contributed by atoms with van der Waals surface area (Å²) in [7, 11) is 0. The number of hydrogen-bond donors (Lipinski definition) is 0. The molecule has 0 fully saturated rings. The zero-order valence-corrected chi connectivity index (χ0v) is 15.9. The maximum absolute atomic E-state index is 6.14. The molecule has 0 unspecified atom stereocenters. The zero-order chi connectivity index (χ0) is 17.6. The van der Waals surface area contributed by atoms with Gasteiger partial charge in [-0.1, -0.05) is 55.7 Å². The minimum Gasteiger partial charge on any atom is -0.493 e. The molecule has 25 heavy (non-hydrogen) atoms. The molecule has 0 N–H and O–H groups in total. The molecular formula is C23H30O2. The predicted molar refractivity (Wildman–Crippen MR) is 106 cm³/mol. The first-order chi connectivity index (χ1) is 12.3. The molecule has 0 atom stereocenters. The fourth-order valence-electron chi connectivity index (χ4n) is 3.84. The van der Waals surface area contributed by atoms with Crippen molar-refractivity contribution in [1.29, 1.82) is 0 Å². The van der Waals surface area contributed by atoms with Crippen LogP contribution < -0.4 is 9.47 Å². The Bertz CT molecular complexity index is 758. The Labute approximate surface area is 151 Å². The van der Waals surface area contributed by atoms with Gasteiger partial charge in [-0.15, -0.1) is 0 Å². The number of benzene rings is 2. The van der Waals surface area contributed by atoms with Gasteiger partial charge < -0.3 is 9.47 Å². The van der Waals surface area contributed by atoms with E-state index in [2.05, 4.69) is 51.1 Å². The molecule has 134 valence electrons. The Morgan fingerprint density at radius 1 is 0.840 bits per heavy atom. The third-order valence-corrected chi connectivity index (χ3v) is 5.01. The van der Waals surface area contributed by atoms with Gasteiger partial charge in [-0.25, -0.2) is 0 Å². The van der Waals surface area contributed by atoms with Crippen molar-refractivity contribution in [3.8, 4) is 11.5 Å². The summed E-state index contributed by atoms with van der Waals surface area (Å²) in [5.74, 6) is 2.12. The predicted octanol–water partition coefficient (Wildman–Crippen LogP) is 6.24. The van der Waals surface area contributed by atoms with Crippen LogP contribution in [0, 0.1) is 0 Å². The fourth-order valence-corrected chi connectivity index (χ4v) is 3.84. The lowest BCUT2D eigenvalue weighted by molar-refractivity contribution is 0.331. The van der Waals surface area contributed by atoms with Gasteiger partial charge in [-0.2, -0.15) is 0 Å². The van der Waals surface area contributed by atoms with Crippen LogP contribution in [0.1, 0.15) is 57.6 Å². The number of unbranched alkanes of at least 4 members (excludes halogenated alkanes) is 2. The molecule has 0 heterocycles. The molecule has 0 saturated carbocycles. The van der Waals surface area contributed by atoms with Crippen LogP contribution in [-0.2, 0) is 12.8 Å². The van der Waals surface area contributed by atoms with E-state index in [1.807, 2.05) is 0 Å². The molecule has 2 heteroatoms. The molecule has 2 aromatic rings. The van der Waals surface area contributed by atoms with Crippen molar-refractivity contribution in [3.05, 3.63) is 47.0 Å². The largest absolute Gasteiger partial charge is 0.493 e. The molecule has 1 aliphatic rings. The molecular weight excluding hydrogens is 308 g/mol. The van der Waals surface area contributed by atoms with Crippen molar-refractivity contribution in [3.63, 3.8) is 0 Å². The summed E-state index contributed by atoms with van der Waals surface area (Å²) in [5, 5.41) is 2.36. The van der Waals surface area contributed by atoms with Crippen molar-refractivity contribution in [1.82, 2.24) is 0 Å². The van der Waals surface area contributed by atoms with E-state index in [0.29, 0.717) is 13.2 Å². The Morgan fingerprint density at radius 3 is 2.08 bits per heavy atom. The molecule has 2 nitrogen and oxygen atoms in total. The summed E-state index contributed by atoms with van der Waals surface area (Å²) in [6.45, 7) is 7.78. The lowest BCUT2D eigenvalue weighted by atomic mass is 9.85.